The summed E-state index contributed by atoms with van der Waals surface area (Å²) in [7, 11) is -1.49. The maximum Gasteiger partial charge on any atom is 0.417 e. The third-order valence-electron chi connectivity index (χ3n) is 6.33. The molecule has 1 N–H and O–H groups in total. The standard InChI is InChI=1S/C23H25F5NO4P/c1-12-17(15-10-11-16(24)18(25)19(15)32-3)20(33-22(12,2)23(26,27)28)21(30)29-13-6-8-14(9-7-13)34(4,5)31/h6-12,17,20H,1-5H3,(H,29,30)/t12-,17-,20+,22+/m1/s1. The Balaban J connectivity index is 2.03. The Bertz CT molecular complexity index is 1130. The summed E-state index contributed by atoms with van der Waals surface area (Å²) in [4.78, 5) is 13.1. The monoisotopic (exact) mass is 505 g/mol. The number of methoxy groups -OCH3 is 1. The highest BCUT2D eigenvalue weighted by Gasteiger charge is 2.65. The molecule has 0 aromatic heterocycles. The van der Waals surface area contributed by atoms with E-state index in [1.807, 2.05) is 0 Å². The van der Waals surface area contributed by atoms with E-state index in [4.69, 9.17) is 9.47 Å². The average Bonchev–Trinajstić information content (AvgIpc) is 3.02. The molecule has 1 aliphatic rings. The van der Waals surface area contributed by atoms with Crippen molar-refractivity contribution < 1.29 is 40.8 Å². The van der Waals surface area contributed by atoms with Crippen LogP contribution in [-0.4, -0.2) is 44.2 Å². The molecule has 0 bridgehead atoms. The fourth-order valence-electron chi connectivity index (χ4n) is 4.16. The van der Waals surface area contributed by atoms with E-state index in [1.165, 1.54) is 19.1 Å². The lowest BCUT2D eigenvalue weighted by Crippen LogP contribution is -2.47. The summed E-state index contributed by atoms with van der Waals surface area (Å²) in [6.07, 6.45) is -6.54. The Labute approximate surface area is 194 Å². The number of rotatable bonds is 5. The van der Waals surface area contributed by atoms with Crippen molar-refractivity contribution in [2.75, 3.05) is 25.8 Å². The highest BCUT2D eigenvalue weighted by atomic mass is 31.2. The number of benzene rings is 2. The number of hydrogen-bond donors (Lipinski definition) is 1. The number of nitrogens with one attached hydrogen (secondary N) is 1. The number of ether oxygens (including phenoxy) is 2. The molecule has 3 rings (SSSR count). The van der Waals surface area contributed by atoms with Gasteiger partial charge in [-0.25, -0.2) is 4.39 Å². The van der Waals surface area contributed by atoms with E-state index < -0.39 is 60.2 Å². The van der Waals surface area contributed by atoms with Crippen molar-refractivity contribution >= 4 is 24.0 Å². The first-order valence-electron chi connectivity index (χ1n) is 10.3. The number of carbonyl (C=O) groups is 1. The molecular formula is C23H25F5NO4P. The third kappa shape index (κ3) is 4.58. The van der Waals surface area contributed by atoms with Gasteiger partial charge < -0.3 is 19.4 Å². The quantitative estimate of drug-likeness (QED) is 0.443. The van der Waals surface area contributed by atoms with Crippen molar-refractivity contribution in [3.05, 3.63) is 53.6 Å². The van der Waals surface area contributed by atoms with Gasteiger partial charge >= 0.3 is 6.18 Å². The summed E-state index contributed by atoms with van der Waals surface area (Å²) in [6.45, 7) is 5.21. The van der Waals surface area contributed by atoms with Crippen LogP contribution in [0.2, 0.25) is 0 Å². The smallest absolute Gasteiger partial charge is 0.417 e. The Kier molecular flexibility index (Phi) is 6.90. The van der Waals surface area contributed by atoms with Gasteiger partial charge in [0.15, 0.2) is 17.2 Å². The van der Waals surface area contributed by atoms with Crippen molar-refractivity contribution in [2.45, 2.75) is 37.6 Å². The summed E-state index contributed by atoms with van der Waals surface area (Å²) in [5, 5.41) is 3.07. The second kappa shape index (κ2) is 8.96. The minimum Gasteiger partial charge on any atom is -0.493 e. The summed E-state index contributed by atoms with van der Waals surface area (Å²) < 4.78 is 92.6. The van der Waals surface area contributed by atoms with E-state index in [9.17, 15) is 31.3 Å². The van der Waals surface area contributed by atoms with Gasteiger partial charge in [0.25, 0.3) is 5.91 Å². The molecule has 0 aliphatic carbocycles. The van der Waals surface area contributed by atoms with Crippen LogP contribution in [0.4, 0.5) is 27.6 Å². The van der Waals surface area contributed by atoms with E-state index in [1.54, 1.807) is 25.5 Å². The highest BCUT2D eigenvalue weighted by Crippen LogP contribution is 2.55. The zero-order valence-electron chi connectivity index (χ0n) is 19.2. The molecule has 0 spiro atoms. The number of hydrogen-bond acceptors (Lipinski definition) is 4. The van der Waals surface area contributed by atoms with Gasteiger partial charge in [0, 0.05) is 28.4 Å². The van der Waals surface area contributed by atoms with Crippen LogP contribution in [0, 0.1) is 17.6 Å². The highest BCUT2D eigenvalue weighted by molar-refractivity contribution is 7.70. The van der Waals surface area contributed by atoms with E-state index >= 15 is 0 Å². The molecule has 1 aliphatic heterocycles. The molecule has 0 saturated carbocycles. The summed E-state index contributed by atoms with van der Waals surface area (Å²) >= 11 is 0. The van der Waals surface area contributed by atoms with Crippen LogP contribution in [-0.2, 0) is 14.1 Å². The Morgan fingerprint density at radius 3 is 2.21 bits per heavy atom. The fourth-order valence-corrected chi connectivity index (χ4v) is 5.02. The zero-order valence-corrected chi connectivity index (χ0v) is 20.1. The molecule has 2 aromatic rings. The van der Waals surface area contributed by atoms with Gasteiger partial charge in [-0.15, -0.1) is 0 Å². The minimum absolute atomic E-state index is 0.115. The topological polar surface area (TPSA) is 64.6 Å². The first kappa shape index (κ1) is 26.2. The number of amides is 1. The Hall–Kier alpha value is -2.45. The minimum atomic E-state index is -4.85. The van der Waals surface area contributed by atoms with Crippen LogP contribution in [0.15, 0.2) is 36.4 Å². The van der Waals surface area contributed by atoms with Crippen molar-refractivity contribution in [1.82, 2.24) is 0 Å². The van der Waals surface area contributed by atoms with Crippen molar-refractivity contribution in [1.29, 1.82) is 0 Å². The zero-order chi connectivity index (χ0) is 25.6. The number of carbonyl (C=O) groups excluding carboxylic acids is 1. The summed E-state index contributed by atoms with van der Waals surface area (Å²) in [5.74, 6) is -6.75. The Morgan fingerprint density at radius 2 is 1.71 bits per heavy atom. The van der Waals surface area contributed by atoms with Crippen molar-refractivity contribution in [2.24, 2.45) is 5.92 Å². The van der Waals surface area contributed by atoms with Gasteiger partial charge in [-0.2, -0.15) is 17.6 Å². The molecule has 11 heteroatoms. The summed E-state index contributed by atoms with van der Waals surface area (Å²) in [6, 6.07) is 7.90. The largest absolute Gasteiger partial charge is 0.493 e. The van der Waals surface area contributed by atoms with E-state index in [0.717, 1.165) is 26.2 Å². The molecule has 2 aromatic carbocycles. The van der Waals surface area contributed by atoms with Gasteiger partial charge in [-0.05, 0) is 50.6 Å². The Morgan fingerprint density at radius 1 is 1.12 bits per heavy atom. The van der Waals surface area contributed by atoms with E-state index in [0.29, 0.717) is 5.30 Å². The van der Waals surface area contributed by atoms with Crippen LogP contribution in [0.1, 0.15) is 25.3 Å². The maximum atomic E-state index is 14.4. The van der Waals surface area contributed by atoms with Crippen molar-refractivity contribution in [3.8, 4) is 5.75 Å². The number of anilines is 1. The molecule has 0 radical (unpaired) electrons. The molecule has 5 nitrogen and oxygen atoms in total. The lowest BCUT2D eigenvalue weighted by molar-refractivity contribution is -0.272. The van der Waals surface area contributed by atoms with Crippen LogP contribution in [0.5, 0.6) is 5.75 Å². The SMILES string of the molecule is COc1c([C@@H]2[C@@H](C(=O)Nc3ccc(P(C)(C)=O)cc3)O[C@](C)(C(F)(F)F)[C@@H]2C)ccc(F)c1F. The van der Waals surface area contributed by atoms with Gasteiger partial charge in [0.05, 0.1) is 7.11 Å². The van der Waals surface area contributed by atoms with Gasteiger partial charge in [-0.3, -0.25) is 4.79 Å². The van der Waals surface area contributed by atoms with Crippen molar-refractivity contribution in [3.63, 3.8) is 0 Å². The average molecular weight is 505 g/mol. The molecule has 1 fully saturated rings. The van der Waals surface area contributed by atoms with Gasteiger partial charge in [-0.1, -0.05) is 13.0 Å². The first-order valence-corrected chi connectivity index (χ1v) is 12.9. The van der Waals surface area contributed by atoms with E-state index in [2.05, 4.69) is 5.32 Å². The van der Waals surface area contributed by atoms with Crippen LogP contribution in [0.3, 0.4) is 0 Å². The van der Waals surface area contributed by atoms with E-state index in [-0.39, 0.29) is 11.3 Å². The molecule has 186 valence electrons. The predicted molar refractivity (Wildman–Crippen MR) is 118 cm³/mol. The normalized spacial score (nSPS) is 25.3. The molecule has 1 amide bonds. The van der Waals surface area contributed by atoms with Gasteiger partial charge in [0.2, 0.25) is 5.82 Å². The predicted octanol–water partition coefficient (Wildman–Crippen LogP) is 5.30. The lowest BCUT2D eigenvalue weighted by Gasteiger charge is -2.32. The van der Waals surface area contributed by atoms with Crippen LogP contribution in [0.25, 0.3) is 0 Å². The first-order chi connectivity index (χ1) is 15.6. The van der Waals surface area contributed by atoms with Gasteiger partial charge in [0.1, 0.15) is 13.2 Å². The number of alkyl halides is 3. The second-order valence-electron chi connectivity index (χ2n) is 8.83. The molecule has 1 heterocycles. The molecule has 1 saturated heterocycles. The second-order valence-corrected chi connectivity index (χ2v) is 12.0. The molecule has 0 unspecified atom stereocenters. The summed E-state index contributed by atoms with van der Waals surface area (Å²) in [5.41, 5.74) is -2.61. The molecule has 4 atom stereocenters. The van der Waals surface area contributed by atoms with Crippen LogP contribution < -0.4 is 15.4 Å². The lowest BCUT2D eigenvalue weighted by atomic mass is 9.77. The fraction of sp³-hybridized carbons (Fsp3) is 0.435. The van der Waals surface area contributed by atoms with Crippen LogP contribution >= 0.6 is 7.14 Å². The maximum absolute atomic E-state index is 14.4. The molecule has 34 heavy (non-hydrogen) atoms. The number of halogens is 5. The third-order valence-corrected chi connectivity index (χ3v) is 7.87. The molecular weight excluding hydrogens is 480 g/mol.